The van der Waals surface area contributed by atoms with Gasteiger partial charge in [-0.25, -0.2) is 28.7 Å². The van der Waals surface area contributed by atoms with Crippen molar-refractivity contribution in [3.05, 3.63) is 59.7 Å². The van der Waals surface area contributed by atoms with Crippen LogP contribution >= 0.6 is 0 Å². The minimum Gasteiger partial charge on any atom is -0.326 e. The summed E-state index contributed by atoms with van der Waals surface area (Å²) >= 11 is 0. The molecule has 2 aliphatic heterocycles. The fourth-order valence-electron chi connectivity index (χ4n) is 6.68. The van der Waals surface area contributed by atoms with E-state index >= 15 is 4.39 Å². The normalized spacial score (nSPS) is 20.6. The number of fused-ring (bicyclic) bond motifs is 3. The van der Waals surface area contributed by atoms with Gasteiger partial charge >= 0.3 is 0 Å². The molecule has 2 fully saturated rings. The monoisotopic (exact) mass is 560 g/mol. The zero-order valence-electron chi connectivity index (χ0n) is 24.4. The van der Waals surface area contributed by atoms with Gasteiger partial charge in [-0.15, -0.1) is 0 Å². The van der Waals surface area contributed by atoms with E-state index in [1.54, 1.807) is 6.07 Å². The maximum Gasteiger partial charge on any atom is 0.229 e. The van der Waals surface area contributed by atoms with Crippen molar-refractivity contribution in [2.24, 2.45) is 5.92 Å². The van der Waals surface area contributed by atoms with Crippen LogP contribution in [0.5, 0.6) is 0 Å². The topological polar surface area (TPSA) is 75.0 Å². The number of likely N-dealkylation sites (N-methyl/N-ethyl adjacent to an activating group) is 1. The molecule has 1 N–H and O–H groups in total. The third kappa shape index (κ3) is 5.30. The Morgan fingerprint density at radius 1 is 1.02 bits per heavy atom. The van der Waals surface area contributed by atoms with Gasteiger partial charge in [-0.1, -0.05) is 13.0 Å². The van der Waals surface area contributed by atoms with Crippen molar-refractivity contribution in [1.82, 2.24) is 34.3 Å². The smallest absolute Gasteiger partial charge is 0.229 e. The number of likely N-dealkylation sites (tertiary alicyclic amines) is 2. The fraction of sp³-hybridized carbons (Fsp3) is 0.484. The first-order valence-electron chi connectivity index (χ1n) is 14.6. The van der Waals surface area contributed by atoms with Crippen LogP contribution < -0.4 is 5.32 Å². The Morgan fingerprint density at radius 3 is 2.59 bits per heavy atom. The van der Waals surface area contributed by atoms with Gasteiger partial charge in [0, 0.05) is 43.0 Å². The lowest BCUT2D eigenvalue weighted by Gasteiger charge is -2.34. The molecule has 0 amide bonds. The zero-order valence-corrected chi connectivity index (χ0v) is 24.4. The second kappa shape index (κ2) is 11.1. The number of aromatic nitrogens is 5. The molecule has 4 aromatic rings. The average molecular weight is 561 g/mol. The van der Waals surface area contributed by atoms with Crippen LogP contribution in [0.1, 0.15) is 64.0 Å². The largest absolute Gasteiger partial charge is 0.326 e. The fourth-order valence-corrected chi connectivity index (χ4v) is 6.68. The van der Waals surface area contributed by atoms with E-state index in [0.29, 0.717) is 28.8 Å². The molecule has 0 spiro atoms. The molecule has 3 aromatic heterocycles. The average Bonchev–Trinajstić information content (AvgIpc) is 3.43. The first kappa shape index (κ1) is 27.7. The molecule has 2 saturated heterocycles. The van der Waals surface area contributed by atoms with E-state index in [9.17, 15) is 4.39 Å². The van der Waals surface area contributed by atoms with E-state index in [1.165, 1.54) is 25.5 Å². The number of halogens is 2. The third-order valence-corrected chi connectivity index (χ3v) is 8.81. The number of nitrogens with one attached hydrogen (secondary N) is 1. The molecule has 2 bridgehead atoms. The number of anilines is 2. The molecular formula is C31H38F2N8. The molecule has 41 heavy (non-hydrogen) atoms. The number of hydrogen-bond acceptors (Lipinski definition) is 7. The maximum atomic E-state index is 15.0. The van der Waals surface area contributed by atoms with Gasteiger partial charge in [0.2, 0.25) is 5.95 Å². The second-order valence-electron chi connectivity index (χ2n) is 11.7. The zero-order chi connectivity index (χ0) is 28.8. The number of rotatable bonds is 7. The highest BCUT2D eigenvalue weighted by Gasteiger charge is 2.36. The number of benzene rings is 1. The summed E-state index contributed by atoms with van der Waals surface area (Å²) < 4.78 is 31.9. The van der Waals surface area contributed by atoms with Crippen LogP contribution in [0.3, 0.4) is 0 Å². The first-order valence-corrected chi connectivity index (χ1v) is 14.6. The Morgan fingerprint density at radius 2 is 1.85 bits per heavy atom. The SMILES string of the molecule is CCN1CC2CCN([C@@H](C)c3ccc(Nc4ncc(F)c(-c5cc(F)c6nc(C)n(C(C)C)c6c5)n4)nc3)CC1C2. The molecule has 10 heteroatoms. The van der Waals surface area contributed by atoms with Crippen molar-refractivity contribution >= 4 is 22.8 Å². The van der Waals surface area contributed by atoms with Gasteiger partial charge in [-0.05, 0) is 83.3 Å². The van der Waals surface area contributed by atoms with E-state index in [4.69, 9.17) is 0 Å². The van der Waals surface area contributed by atoms with E-state index < -0.39 is 11.6 Å². The van der Waals surface area contributed by atoms with Gasteiger partial charge in [0.05, 0.1) is 11.7 Å². The van der Waals surface area contributed by atoms with Gasteiger partial charge in [-0.2, -0.15) is 0 Å². The quantitative estimate of drug-likeness (QED) is 0.285. The summed E-state index contributed by atoms with van der Waals surface area (Å²) in [7, 11) is 0. The Bertz CT molecular complexity index is 1550. The lowest BCUT2D eigenvalue weighted by molar-refractivity contribution is 0.134. The Balaban J connectivity index is 1.21. The minimum atomic E-state index is -0.633. The summed E-state index contributed by atoms with van der Waals surface area (Å²) in [5.41, 5.74) is 2.36. The van der Waals surface area contributed by atoms with Crippen molar-refractivity contribution in [3.63, 3.8) is 0 Å². The highest BCUT2D eigenvalue weighted by molar-refractivity contribution is 5.83. The Kier molecular flexibility index (Phi) is 7.46. The van der Waals surface area contributed by atoms with E-state index in [-0.39, 0.29) is 29.2 Å². The van der Waals surface area contributed by atoms with Crippen LogP contribution in [0, 0.1) is 24.5 Å². The van der Waals surface area contributed by atoms with E-state index in [0.717, 1.165) is 37.3 Å². The van der Waals surface area contributed by atoms with Crippen LogP contribution in [0.4, 0.5) is 20.5 Å². The molecule has 5 heterocycles. The summed E-state index contributed by atoms with van der Waals surface area (Å²) in [5, 5.41) is 3.09. The van der Waals surface area contributed by atoms with Crippen LogP contribution in [-0.4, -0.2) is 66.5 Å². The molecule has 0 saturated carbocycles. The Hall–Kier alpha value is -3.50. The van der Waals surface area contributed by atoms with Crippen molar-refractivity contribution in [3.8, 4) is 11.3 Å². The molecule has 2 aliphatic rings. The number of aryl methyl sites for hydroxylation is 1. The molecule has 8 nitrogen and oxygen atoms in total. The van der Waals surface area contributed by atoms with Crippen molar-refractivity contribution < 1.29 is 8.78 Å². The molecular weight excluding hydrogens is 522 g/mol. The van der Waals surface area contributed by atoms with Gasteiger partial charge in [0.15, 0.2) is 11.6 Å². The van der Waals surface area contributed by atoms with Crippen molar-refractivity contribution in [2.45, 2.75) is 65.6 Å². The van der Waals surface area contributed by atoms with Crippen LogP contribution in [0.25, 0.3) is 22.3 Å². The summed E-state index contributed by atoms with van der Waals surface area (Å²) in [6.07, 6.45) is 5.53. The highest BCUT2D eigenvalue weighted by atomic mass is 19.1. The van der Waals surface area contributed by atoms with Crippen molar-refractivity contribution in [1.29, 1.82) is 0 Å². The Labute approximate surface area is 239 Å². The number of imidazole rings is 1. The summed E-state index contributed by atoms with van der Waals surface area (Å²) in [4.78, 5) is 22.7. The molecule has 0 radical (unpaired) electrons. The van der Waals surface area contributed by atoms with Gasteiger partial charge in [0.1, 0.15) is 22.9 Å². The maximum absolute atomic E-state index is 15.0. The van der Waals surface area contributed by atoms with Crippen molar-refractivity contribution in [2.75, 3.05) is 31.5 Å². The van der Waals surface area contributed by atoms with E-state index in [2.05, 4.69) is 55.0 Å². The molecule has 216 valence electrons. The van der Waals surface area contributed by atoms with Gasteiger partial charge in [-0.3, -0.25) is 9.80 Å². The second-order valence-corrected chi connectivity index (χ2v) is 11.7. The minimum absolute atomic E-state index is 0.0132. The number of pyridine rings is 1. The third-order valence-electron chi connectivity index (χ3n) is 8.81. The molecule has 0 aliphatic carbocycles. The van der Waals surface area contributed by atoms with Crippen LogP contribution in [0.2, 0.25) is 0 Å². The lowest BCUT2D eigenvalue weighted by Crippen LogP contribution is -2.42. The predicted molar refractivity (Wildman–Crippen MR) is 157 cm³/mol. The molecule has 3 atom stereocenters. The number of hydrogen-bond donors (Lipinski definition) is 1. The standard InChI is InChI=1S/C31H38F2N8/c1-6-39-16-21-9-10-40(17-24(39)11-21)19(4)22-7-8-28(34-14-22)37-31-35-15-26(33)29(38-31)23-12-25(32)30-27(13-23)41(18(2)3)20(5)36-30/h7-8,12-15,18-19,21,24H,6,9-11,16-17H2,1-5H3,(H,34,35,37,38)/t19-,21?,24?/m0/s1. The molecule has 1 aromatic carbocycles. The van der Waals surface area contributed by atoms with Crippen LogP contribution in [0.15, 0.2) is 36.7 Å². The lowest BCUT2D eigenvalue weighted by atomic mass is 10.0. The molecule has 6 rings (SSSR count). The first-order chi connectivity index (χ1) is 19.7. The molecule has 2 unspecified atom stereocenters. The highest BCUT2D eigenvalue weighted by Crippen LogP contribution is 2.34. The predicted octanol–water partition coefficient (Wildman–Crippen LogP) is 6.28. The van der Waals surface area contributed by atoms with Gasteiger partial charge < -0.3 is 9.88 Å². The van der Waals surface area contributed by atoms with E-state index in [1.807, 2.05) is 37.6 Å². The van der Waals surface area contributed by atoms with Gasteiger partial charge in [0.25, 0.3) is 0 Å². The number of nitrogens with zero attached hydrogens (tertiary/aromatic N) is 7. The summed E-state index contributed by atoms with van der Waals surface area (Å²) in [6, 6.07) is 7.95. The summed E-state index contributed by atoms with van der Waals surface area (Å²) in [5.74, 6) is 1.10. The summed E-state index contributed by atoms with van der Waals surface area (Å²) in [6.45, 7) is 14.9. The van der Waals surface area contributed by atoms with Crippen LogP contribution in [-0.2, 0) is 0 Å².